The number of carbonyl (C=O) groups excluding carboxylic acids is 5. The van der Waals surface area contributed by atoms with Gasteiger partial charge in [-0.1, -0.05) is 18.7 Å². The van der Waals surface area contributed by atoms with E-state index in [2.05, 4.69) is 6.58 Å². The van der Waals surface area contributed by atoms with Crippen molar-refractivity contribution in [2.24, 2.45) is 11.8 Å². The van der Waals surface area contributed by atoms with Gasteiger partial charge in [-0.05, 0) is 57.2 Å². The summed E-state index contributed by atoms with van der Waals surface area (Å²) in [5.41, 5.74) is 1.13. The Bertz CT molecular complexity index is 989. The van der Waals surface area contributed by atoms with Crippen molar-refractivity contribution in [3.8, 4) is 5.75 Å². The van der Waals surface area contributed by atoms with E-state index >= 15 is 0 Å². The molecule has 0 radical (unpaired) electrons. The van der Waals surface area contributed by atoms with Gasteiger partial charge in [-0.25, -0.2) is 4.79 Å². The summed E-state index contributed by atoms with van der Waals surface area (Å²) in [6, 6.07) is 6.92. The van der Waals surface area contributed by atoms with Crippen molar-refractivity contribution >= 4 is 29.8 Å². The average Bonchev–Trinajstić information content (AvgIpc) is 2.91. The molecule has 0 heterocycles. The molecule has 38 heavy (non-hydrogen) atoms. The normalized spacial score (nSPS) is 17.4. The molecular formula is C28H36O10. The molecule has 0 bridgehead atoms. The third-order valence-corrected chi connectivity index (χ3v) is 6.05. The predicted octanol–water partition coefficient (Wildman–Crippen LogP) is 3.49. The Morgan fingerprint density at radius 1 is 0.895 bits per heavy atom. The quantitative estimate of drug-likeness (QED) is 0.161. The van der Waals surface area contributed by atoms with Crippen molar-refractivity contribution in [2.45, 2.75) is 64.9 Å². The second-order valence-corrected chi connectivity index (χ2v) is 9.29. The van der Waals surface area contributed by atoms with Gasteiger partial charge < -0.3 is 23.7 Å². The Labute approximate surface area is 222 Å². The molecule has 208 valence electrons. The summed E-state index contributed by atoms with van der Waals surface area (Å²) in [7, 11) is 1.37. The molecule has 1 aliphatic rings. The van der Waals surface area contributed by atoms with Gasteiger partial charge in [0.1, 0.15) is 18.5 Å². The lowest BCUT2D eigenvalue weighted by Crippen LogP contribution is -2.29. The number of esters is 5. The molecule has 1 saturated carbocycles. The van der Waals surface area contributed by atoms with Crippen LogP contribution in [0.1, 0.15) is 57.9 Å². The highest BCUT2D eigenvalue weighted by Gasteiger charge is 2.31. The maximum Gasteiger partial charge on any atom is 0.333 e. The standard InChI is InChI=1S/C28H36O10/c1-18(2)26(31)36-17-19(3)37-25(30)14-13-24(29)35-16-15-20-5-11-23(12-6-20)38-28(33)22-9-7-21(8-10-22)27(32)34-4/h5-6,11-12,19,21-22H,1,7-10,13-17H2,2-4H3. The molecule has 1 aromatic carbocycles. The highest BCUT2D eigenvalue weighted by molar-refractivity contribution is 5.87. The van der Waals surface area contributed by atoms with Crippen LogP contribution in [0.5, 0.6) is 5.75 Å². The molecule has 0 aromatic heterocycles. The maximum atomic E-state index is 12.4. The number of rotatable bonds is 13. The molecule has 0 N–H and O–H groups in total. The third-order valence-electron chi connectivity index (χ3n) is 6.05. The van der Waals surface area contributed by atoms with E-state index in [9.17, 15) is 24.0 Å². The lowest BCUT2D eigenvalue weighted by Gasteiger charge is -2.25. The van der Waals surface area contributed by atoms with Crippen LogP contribution in [0.25, 0.3) is 0 Å². The zero-order chi connectivity index (χ0) is 28.1. The minimum Gasteiger partial charge on any atom is -0.469 e. The van der Waals surface area contributed by atoms with Gasteiger partial charge >= 0.3 is 29.8 Å². The lowest BCUT2D eigenvalue weighted by molar-refractivity contribution is -0.158. The van der Waals surface area contributed by atoms with Crippen molar-refractivity contribution < 1.29 is 47.7 Å². The fourth-order valence-corrected chi connectivity index (χ4v) is 3.85. The Morgan fingerprint density at radius 3 is 2.05 bits per heavy atom. The van der Waals surface area contributed by atoms with E-state index in [-0.39, 0.29) is 55.4 Å². The van der Waals surface area contributed by atoms with Crippen LogP contribution in [0.3, 0.4) is 0 Å². The zero-order valence-electron chi connectivity index (χ0n) is 22.2. The van der Waals surface area contributed by atoms with Crippen molar-refractivity contribution in [2.75, 3.05) is 20.3 Å². The third kappa shape index (κ3) is 10.7. The largest absolute Gasteiger partial charge is 0.469 e. The number of hydrogen-bond acceptors (Lipinski definition) is 10. The predicted molar refractivity (Wildman–Crippen MR) is 135 cm³/mol. The minimum atomic E-state index is -0.648. The summed E-state index contributed by atoms with van der Waals surface area (Å²) in [5.74, 6) is -2.20. The first kappa shape index (κ1) is 30.5. The fourth-order valence-electron chi connectivity index (χ4n) is 3.85. The molecule has 1 atom stereocenters. The number of hydrogen-bond donors (Lipinski definition) is 0. The Balaban J connectivity index is 1.62. The van der Waals surface area contributed by atoms with Crippen LogP contribution in [0.4, 0.5) is 0 Å². The van der Waals surface area contributed by atoms with E-state index < -0.39 is 24.0 Å². The van der Waals surface area contributed by atoms with Crippen molar-refractivity contribution in [3.63, 3.8) is 0 Å². The number of ether oxygens (including phenoxy) is 5. The van der Waals surface area contributed by atoms with E-state index in [1.54, 1.807) is 31.2 Å². The first-order valence-electron chi connectivity index (χ1n) is 12.6. The molecule has 0 spiro atoms. The molecule has 0 amide bonds. The average molecular weight is 533 g/mol. The molecule has 0 aliphatic heterocycles. The van der Waals surface area contributed by atoms with Gasteiger partial charge in [0.15, 0.2) is 0 Å². The van der Waals surface area contributed by atoms with Gasteiger partial charge in [0, 0.05) is 12.0 Å². The molecule has 2 rings (SSSR count). The lowest BCUT2D eigenvalue weighted by atomic mass is 9.82. The van der Waals surface area contributed by atoms with Crippen molar-refractivity contribution in [3.05, 3.63) is 42.0 Å². The van der Waals surface area contributed by atoms with Crippen molar-refractivity contribution in [1.82, 2.24) is 0 Å². The van der Waals surface area contributed by atoms with E-state index in [1.165, 1.54) is 14.0 Å². The summed E-state index contributed by atoms with van der Waals surface area (Å²) in [6.07, 6.45) is 1.91. The van der Waals surface area contributed by atoms with Crippen LogP contribution < -0.4 is 4.74 Å². The Hall–Kier alpha value is -3.69. The van der Waals surface area contributed by atoms with Crippen LogP contribution in [-0.2, 0) is 49.3 Å². The van der Waals surface area contributed by atoms with E-state index in [4.69, 9.17) is 23.7 Å². The fraction of sp³-hybridized carbons (Fsp3) is 0.536. The summed E-state index contributed by atoms with van der Waals surface area (Å²) in [4.78, 5) is 59.2. The molecular weight excluding hydrogens is 496 g/mol. The van der Waals surface area contributed by atoms with Crippen molar-refractivity contribution in [1.29, 1.82) is 0 Å². The SMILES string of the molecule is C=C(C)C(=O)OCC(C)OC(=O)CCC(=O)OCCc1ccc(OC(=O)C2CCC(C(=O)OC)CC2)cc1. The molecule has 1 aromatic rings. The van der Waals surface area contributed by atoms with Gasteiger partial charge in [0.05, 0.1) is 38.4 Å². The molecule has 1 fully saturated rings. The van der Waals surface area contributed by atoms with Crippen LogP contribution in [-0.4, -0.2) is 56.3 Å². The molecule has 10 nitrogen and oxygen atoms in total. The monoisotopic (exact) mass is 532 g/mol. The van der Waals surface area contributed by atoms with Crippen LogP contribution in [0.2, 0.25) is 0 Å². The zero-order valence-corrected chi connectivity index (χ0v) is 22.2. The maximum absolute atomic E-state index is 12.4. The minimum absolute atomic E-state index is 0.0993. The van der Waals surface area contributed by atoms with Crippen LogP contribution in [0.15, 0.2) is 36.4 Å². The van der Waals surface area contributed by atoms with E-state index in [0.717, 1.165) is 5.56 Å². The van der Waals surface area contributed by atoms with Gasteiger partial charge in [0.25, 0.3) is 0 Å². The molecule has 0 saturated heterocycles. The van der Waals surface area contributed by atoms with E-state index in [0.29, 0.717) is 37.9 Å². The summed E-state index contributed by atoms with van der Waals surface area (Å²) >= 11 is 0. The number of benzene rings is 1. The number of carbonyl (C=O) groups is 5. The van der Waals surface area contributed by atoms with Gasteiger partial charge in [-0.2, -0.15) is 0 Å². The smallest absolute Gasteiger partial charge is 0.333 e. The second kappa shape index (κ2) is 15.5. The first-order valence-corrected chi connectivity index (χ1v) is 12.6. The molecule has 1 unspecified atom stereocenters. The van der Waals surface area contributed by atoms with Gasteiger partial charge in [0.2, 0.25) is 0 Å². The Kier molecular flexibility index (Phi) is 12.5. The summed E-state index contributed by atoms with van der Waals surface area (Å²) in [6.45, 7) is 6.58. The second-order valence-electron chi connectivity index (χ2n) is 9.29. The van der Waals surface area contributed by atoms with E-state index in [1.807, 2.05) is 0 Å². The summed E-state index contributed by atoms with van der Waals surface area (Å²) in [5, 5.41) is 0. The highest BCUT2D eigenvalue weighted by atomic mass is 16.6. The number of methoxy groups -OCH3 is 1. The first-order chi connectivity index (χ1) is 18.1. The van der Waals surface area contributed by atoms with Gasteiger partial charge in [-0.15, -0.1) is 0 Å². The Morgan fingerprint density at radius 2 is 1.47 bits per heavy atom. The van der Waals surface area contributed by atoms with Crippen LogP contribution >= 0.6 is 0 Å². The topological polar surface area (TPSA) is 132 Å². The molecule has 10 heteroatoms. The van der Waals surface area contributed by atoms with Crippen LogP contribution in [0, 0.1) is 11.8 Å². The summed E-state index contributed by atoms with van der Waals surface area (Å²) < 4.78 is 25.4. The van der Waals surface area contributed by atoms with Gasteiger partial charge in [-0.3, -0.25) is 19.2 Å². The highest BCUT2D eigenvalue weighted by Crippen LogP contribution is 2.30. The molecule has 1 aliphatic carbocycles.